The van der Waals surface area contributed by atoms with Crippen molar-refractivity contribution in [1.29, 1.82) is 0 Å². The zero-order valence-corrected chi connectivity index (χ0v) is 18.1. The SMILES string of the molecule is Cc1cccc(Cc2cnc(NC(=O)[C@@H]3CCCN(C(=O)c4ccco4)C3)s2)c1Cl. The molecule has 1 atom stereocenters. The molecule has 1 N–H and O–H groups in total. The Labute approximate surface area is 183 Å². The van der Waals surface area contributed by atoms with E-state index in [2.05, 4.69) is 10.3 Å². The van der Waals surface area contributed by atoms with Crippen LogP contribution in [0.5, 0.6) is 0 Å². The standard InChI is InChI=1S/C22H22ClN3O3S/c1-14-5-2-6-15(19(14)23)11-17-12-24-22(30-17)25-20(27)16-7-3-9-26(13-16)21(28)18-8-4-10-29-18/h2,4-6,8,10,12,16H,3,7,9,11,13H2,1H3,(H,24,25,27)/t16-/m1/s1. The van der Waals surface area contributed by atoms with Crippen molar-refractivity contribution in [2.24, 2.45) is 5.92 Å². The molecule has 0 unspecified atom stereocenters. The van der Waals surface area contributed by atoms with E-state index in [1.807, 2.05) is 25.1 Å². The number of benzene rings is 1. The summed E-state index contributed by atoms with van der Waals surface area (Å²) in [6.07, 6.45) is 5.44. The van der Waals surface area contributed by atoms with Gasteiger partial charge < -0.3 is 14.6 Å². The molecule has 2 amide bonds. The third-order valence-corrected chi connectivity index (χ3v) is 6.69. The van der Waals surface area contributed by atoms with E-state index in [1.54, 1.807) is 23.2 Å². The van der Waals surface area contributed by atoms with E-state index in [0.29, 0.717) is 30.4 Å². The van der Waals surface area contributed by atoms with Crippen molar-refractivity contribution in [1.82, 2.24) is 9.88 Å². The lowest BCUT2D eigenvalue weighted by Crippen LogP contribution is -2.43. The Morgan fingerprint density at radius 3 is 3.00 bits per heavy atom. The van der Waals surface area contributed by atoms with E-state index in [9.17, 15) is 9.59 Å². The number of amides is 2. The highest BCUT2D eigenvalue weighted by Gasteiger charge is 2.30. The van der Waals surface area contributed by atoms with Gasteiger partial charge in [0.1, 0.15) is 0 Å². The van der Waals surface area contributed by atoms with Crippen LogP contribution in [0, 0.1) is 12.8 Å². The number of nitrogens with one attached hydrogen (secondary N) is 1. The Kier molecular flexibility index (Phi) is 6.20. The molecule has 4 rings (SSSR count). The second-order valence-corrected chi connectivity index (χ2v) is 8.91. The summed E-state index contributed by atoms with van der Waals surface area (Å²) >= 11 is 7.83. The molecular weight excluding hydrogens is 422 g/mol. The lowest BCUT2D eigenvalue weighted by Gasteiger charge is -2.31. The monoisotopic (exact) mass is 443 g/mol. The van der Waals surface area contributed by atoms with Crippen molar-refractivity contribution in [2.45, 2.75) is 26.2 Å². The summed E-state index contributed by atoms with van der Waals surface area (Å²) in [4.78, 5) is 32.3. The summed E-state index contributed by atoms with van der Waals surface area (Å²) in [5.74, 6) is -0.253. The van der Waals surface area contributed by atoms with Gasteiger partial charge in [0.15, 0.2) is 10.9 Å². The first-order chi connectivity index (χ1) is 14.5. The van der Waals surface area contributed by atoms with Crippen molar-refractivity contribution in [3.8, 4) is 0 Å². The predicted octanol–water partition coefficient (Wildman–Crippen LogP) is 4.78. The van der Waals surface area contributed by atoms with E-state index in [0.717, 1.165) is 33.9 Å². The number of rotatable bonds is 5. The molecule has 0 spiro atoms. The van der Waals surface area contributed by atoms with E-state index < -0.39 is 0 Å². The molecule has 2 aromatic heterocycles. The molecule has 8 heteroatoms. The van der Waals surface area contributed by atoms with Crippen molar-refractivity contribution in [2.75, 3.05) is 18.4 Å². The Bertz CT molecular complexity index is 1050. The van der Waals surface area contributed by atoms with Crippen molar-refractivity contribution in [3.05, 3.63) is 69.6 Å². The molecular formula is C22H22ClN3O3S. The van der Waals surface area contributed by atoms with Gasteiger partial charge in [0, 0.05) is 35.6 Å². The Hall–Kier alpha value is -2.64. The third kappa shape index (κ3) is 4.57. The van der Waals surface area contributed by atoms with Crippen LogP contribution in [-0.4, -0.2) is 34.8 Å². The molecule has 156 valence electrons. The van der Waals surface area contributed by atoms with Crippen molar-refractivity contribution in [3.63, 3.8) is 0 Å². The van der Waals surface area contributed by atoms with Gasteiger partial charge in [0.25, 0.3) is 5.91 Å². The first-order valence-electron chi connectivity index (χ1n) is 9.83. The highest BCUT2D eigenvalue weighted by molar-refractivity contribution is 7.15. The number of carbonyl (C=O) groups excluding carboxylic acids is 2. The second kappa shape index (κ2) is 9.02. The Morgan fingerprint density at radius 2 is 2.20 bits per heavy atom. The molecule has 3 heterocycles. The number of hydrogen-bond acceptors (Lipinski definition) is 5. The quantitative estimate of drug-likeness (QED) is 0.615. The number of likely N-dealkylation sites (tertiary alicyclic amines) is 1. The fraction of sp³-hybridized carbons (Fsp3) is 0.318. The Morgan fingerprint density at radius 1 is 1.33 bits per heavy atom. The lowest BCUT2D eigenvalue weighted by molar-refractivity contribution is -0.121. The second-order valence-electron chi connectivity index (χ2n) is 7.41. The van der Waals surface area contributed by atoms with E-state index in [1.165, 1.54) is 17.6 Å². The van der Waals surface area contributed by atoms with Crippen LogP contribution in [0.2, 0.25) is 5.02 Å². The third-order valence-electron chi connectivity index (χ3n) is 5.23. The maximum atomic E-state index is 12.8. The summed E-state index contributed by atoms with van der Waals surface area (Å²) in [6.45, 7) is 2.98. The van der Waals surface area contributed by atoms with Gasteiger partial charge in [-0.05, 0) is 43.0 Å². The minimum absolute atomic E-state index is 0.110. The fourth-order valence-corrected chi connectivity index (χ4v) is 4.65. The minimum atomic E-state index is -0.267. The highest BCUT2D eigenvalue weighted by Crippen LogP contribution is 2.27. The minimum Gasteiger partial charge on any atom is -0.459 e. The number of nitrogens with zero attached hydrogens (tertiary/aromatic N) is 2. The number of aromatic nitrogens is 1. The molecule has 3 aromatic rings. The predicted molar refractivity (Wildman–Crippen MR) is 117 cm³/mol. The first kappa shape index (κ1) is 20.6. The van der Waals surface area contributed by atoms with Gasteiger partial charge in [-0.2, -0.15) is 0 Å². The molecule has 1 aromatic carbocycles. The maximum absolute atomic E-state index is 12.8. The van der Waals surface area contributed by atoms with E-state index in [-0.39, 0.29) is 17.7 Å². The topological polar surface area (TPSA) is 75.4 Å². The summed E-state index contributed by atoms with van der Waals surface area (Å²) in [6, 6.07) is 9.29. The smallest absolute Gasteiger partial charge is 0.289 e. The van der Waals surface area contributed by atoms with Crippen LogP contribution in [-0.2, 0) is 11.2 Å². The van der Waals surface area contributed by atoms with Crippen molar-refractivity contribution >= 4 is 39.9 Å². The molecule has 6 nitrogen and oxygen atoms in total. The maximum Gasteiger partial charge on any atom is 0.289 e. The number of aryl methyl sites for hydroxylation is 1. The average molecular weight is 444 g/mol. The van der Waals surface area contributed by atoms with E-state index in [4.69, 9.17) is 16.0 Å². The van der Waals surface area contributed by atoms with E-state index >= 15 is 0 Å². The molecule has 1 aliphatic heterocycles. The summed E-state index contributed by atoms with van der Waals surface area (Å²) in [5.41, 5.74) is 2.08. The molecule has 1 fully saturated rings. The molecule has 1 saturated heterocycles. The van der Waals surface area contributed by atoms with Gasteiger partial charge in [-0.1, -0.05) is 29.8 Å². The van der Waals surface area contributed by atoms with Crippen LogP contribution >= 0.6 is 22.9 Å². The zero-order chi connectivity index (χ0) is 21.1. The van der Waals surface area contributed by atoms with Gasteiger partial charge in [-0.25, -0.2) is 4.98 Å². The van der Waals surface area contributed by atoms with Crippen LogP contribution in [0.3, 0.4) is 0 Å². The number of piperidine rings is 1. The van der Waals surface area contributed by atoms with Gasteiger partial charge in [0.05, 0.1) is 12.2 Å². The zero-order valence-electron chi connectivity index (χ0n) is 16.6. The molecule has 0 saturated carbocycles. The van der Waals surface area contributed by atoms with Gasteiger partial charge >= 0.3 is 0 Å². The van der Waals surface area contributed by atoms with Gasteiger partial charge in [-0.3, -0.25) is 9.59 Å². The summed E-state index contributed by atoms with van der Waals surface area (Å²) in [7, 11) is 0. The number of carbonyl (C=O) groups is 2. The van der Waals surface area contributed by atoms with Crippen LogP contribution in [0.25, 0.3) is 0 Å². The van der Waals surface area contributed by atoms with Crippen molar-refractivity contribution < 1.29 is 14.0 Å². The molecule has 0 bridgehead atoms. The molecule has 0 aliphatic carbocycles. The van der Waals surface area contributed by atoms with Crippen LogP contribution in [0.4, 0.5) is 5.13 Å². The number of anilines is 1. The normalized spacial score (nSPS) is 16.5. The van der Waals surface area contributed by atoms with Crippen LogP contribution in [0.15, 0.2) is 47.2 Å². The first-order valence-corrected chi connectivity index (χ1v) is 11.0. The summed E-state index contributed by atoms with van der Waals surface area (Å²) in [5, 5.41) is 4.24. The number of thiazole rings is 1. The Balaban J connectivity index is 1.37. The summed E-state index contributed by atoms with van der Waals surface area (Å²) < 4.78 is 5.20. The number of halogens is 1. The fourth-order valence-electron chi connectivity index (χ4n) is 3.62. The van der Waals surface area contributed by atoms with Gasteiger partial charge in [-0.15, -0.1) is 11.3 Å². The molecule has 30 heavy (non-hydrogen) atoms. The lowest BCUT2D eigenvalue weighted by atomic mass is 9.97. The van der Waals surface area contributed by atoms with Crippen LogP contribution in [0.1, 0.15) is 39.4 Å². The largest absolute Gasteiger partial charge is 0.459 e. The highest BCUT2D eigenvalue weighted by atomic mass is 35.5. The average Bonchev–Trinajstić information content (AvgIpc) is 3.43. The molecule has 0 radical (unpaired) electrons. The van der Waals surface area contributed by atoms with Gasteiger partial charge in [0.2, 0.25) is 5.91 Å². The molecule has 1 aliphatic rings. The number of hydrogen-bond donors (Lipinski definition) is 1. The van der Waals surface area contributed by atoms with Crippen LogP contribution < -0.4 is 5.32 Å². The number of furan rings is 1.